The number of thiophene rings is 4. The minimum absolute atomic E-state index is 0.110. The summed E-state index contributed by atoms with van der Waals surface area (Å²) < 4.78 is 13.1. The molecule has 0 saturated heterocycles. The Morgan fingerprint density at radius 1 is 0.414 bits per heavy atom. The number of benzene rings is 3. The van der Waals surface area contributed by atoms with Crippen LogP contribution in [0.4, 0.5) is 0 Å². The number of aryl methyl sites for hydroxylation is 2. The molecule has 58 heavy (non-hydrogen) atoms. The largest absolute Gasteiger partial charge is 0.135 e. The van der Waals surface area contributed by atoms with E-state index in [-0.39, 0.29) is 15.8 Å². The first-order valence-electron chi connectivity index (χ1n) is 24.0. The van der Waals surface area contributed by atoms with Crippen molar-refractivity contribution in [3.63, 3.8) is 0 Å². The molecule has 0 nitrogen and oxygen atoms in total. The Morgan fingerprint density at radius 3 is 1.07 bits per heavy atom. The number of fused-ring (bicyclic) bond motifs is 11. The molecule has 4 heterocycles. The Morgan fingerprint density at radius 2 is 0.741 bits per heavy atom. The van der Waals surface area contributed by atoms with Gasteiger partial charge in [0.15, 0.2) is 0 Å². The van der Waals surface area contributed by atoms with E-state index in [0.717, 1.165) is 22.6 Å². The highest BCUT2D eigenvalue weighted by atomic mass is 32.1. The maximum atomic E-state index is 2.82. The third-order valence-corrected chi connectivity index (χ3v) is 27.8. The fraction of sp³-hybridized carbons (Fsp3) is 0.577. The first kappa shape index (κ1) is 39.7. The molecule has 6 heteroatoms. The van der Waals surface area contributed by atoms with E-state index in [2.05, 4.69) is 95.6 Å². The van der Waals surface area contributed by atoms with Crippen LogP contribution in [0.5, 0.6) is 0 Å². The topological polar surface area (TPSA) is 0 Å². The van der Waals surface area contributed by atoms with Crippen molar-refractivity contribution >= 4 is 131 Å². The van der Waals surface area contributed by atoms with E-state index in [0.29, 0.717) is 0 Å². The van der Waals surface area contributed by atoms with Crippen LogP contribution in [0.25, 0.3) is 60.5 Å². The lowest BCUT2D eigenvalue weighted by molar-refractivity contribution is 0.487. The first-order chi connectivity index (χ1) is 28.7. The zero-order valence-electron chi connectivity index (χ0n) is 35.3. The Kier molecular flexibility index (Phi) is 11.8. The van der Waals surface area contributed by atoms with Crippen LogP contribution in [0.3, 0.4) is 0 Å². The molecule has 4 fully saturated rings. The van der Waals surface area contributed by atoms with Crippen LogP contribution in [0.1, 0.15) is 166 Å². The van der Waals surface area contributed by atoms with Gasteiger partial charge in [-0.25, -0.2) is 0 Å². The second kappa shape index (κ2) is 17.2. The molecule has 4 saturated carbocycles. The molecule has 306 valence electrons. The van der Waals surface area contributed by atoms with Crippen molar-refractivity contribution in [1.29, 1.82) is 0 Å². The van der Waals surface area contributed by atoms with Gasteiger partial charge in [-0.2, -0.15) is 0 Å². The van der Waals surface area contributed by atoms with E-state index in [1.165, 1.54) is 163 Å². The fourth-order valence-electron chi connectivity index (χ4n) is 12.6. The van der Waals surface area contributed by atoms with Crippen LogP contribution in [-0.4, -0.2) is 22.6 Å². The van der Waals surface area contributed by atoms with Crippen LogP contribution in [0.2, 0.25) is 0 Å². The van der Waals surface area contributed by atoms with E-state index in [1.807, 2.05) is 9.24 Å². The molecule has 3 aromatic carbocycles. The molecule has 7 aromatic rings. The third kappa shape index (κ3) is 7.00. The normalized spacial score (nSPS) is 20.2. The summed E-state index contributed by atoms with van der Waals surface area (Å²) in [6.07, 6.45) is 34.3. The van der Waals surface area contributed by atoms with Gasteiger partial charge in [0.05, 0.1) is 0 Å². The van der Waals surface area contributed by atoms with Crippen LogP contribution >= 0.6 is 61.2 Å². The lowest BCUT2D eigenvalue weighted by Gasteiger charge is -2.37. The van der Waals surface area contributed by atoms with Crippen molar-refractivity contribution < 1.29 is 0 Å². The Hall–Kier alpha value is -1.12. The molecule has 0 N–H and O–H groups in total. The molecule has 0 bridgehead atoms. The second-order valence-corrected chi connectivity index (χ2v) is 29.3. The molecular formula is C52H64P2S4. The molecule has 11 rings (SSSR count). The predicted octanol–water partition coefficient (Wildman–Crippen LogP) is 18.3. The molecule has 0 unspecified atom stereocenters. The molecule has 0 aliphatic heterocycles. The molecule has 0 amide bonds. The monoisotopic (exact) mass is 878 g/mol. The average Bonchev–Trinajstić information content (AvgIpc) is 4.06. The van der Waals surface area contributed by atoms with Crippen molar-refractivity contribution in [2.75, 3.05) is 0 Å². The smallest absolute Gasteiger partial charge is 0.0397 e. The van der Waals surface area contributed by atoms with Crippen molar-refractivity contribution in [2.24, 2.45) is 0 Å². The van der Waals surface area contributed by atoms with Gasteiger partial charge in [-0.15, -0.1) is 45.3 Å². The molecule has 0 radical (unpaired) electrons. The highest BCUT2D eigenvalue weighted by molar-refractivity contribution is 7.74. The van der Waals surface area contributed by atoms with E-state index in [1.54, 1.807) is 62.2 Å². The molecular weight excluding hydrogens is 815 g/mol. The predicted molar refractivity (Wildman–Crippen MR) is 272 cm³/mol. The average molecular weight is 879 g/mol. The Labute approximate surface area is 366 Å². The zero-order chi connectivity index (χ0) is 38.7. The Balaban J connectivity index is 1.17. The quantitative estimate of drug-likeness (QED) is 0.120. The molecule has 0 spiro atoms. The van der Waals surface area contributed by atoms with Crippen molar-refractivity contribution in [2.45, 2.75) is 191 Å². The maximum Gasteiger partial charge on any atom is 0.0397 e. The molecule has 0 atom stereocenters. The summed E-state index contributed by atoms with van der Waals surface area (Å²) >= 11 is 8.78. The molecule has 4 aliphatic rings. The van der Waals surface area contributed by atoms with Crippen LogP contribution < -0.4 is 9.24 Å². The highest BCUT2D eigenvalue weighted by Gasteiger charge is 2.36. The lowest BCUT2D eigenvalue weighted by atomic mass is 9.92. The van der Waals surface area contributed by atoms with Crippen molar-refractivity contribution in [3.8, 4) is 0 Å². The summed E-state index contributed by atoms with van der Waals surface area (Å²) in [6, 6.07) is 15.9. The van der Waals surface area contributed by atoms with E-state index < -0.39 is 0 Å². The Bertz CT molecular complexity index is 2340. The number of hydrogen-bond donors (Lipinski definition) is 0. The first-order valence-corrected chi connectivity index (χ1v) is 30.2. The second-order valence-electron chi connectivity index (χ2n) is 18.9. The standard InChI is InChI=1S/C52H64P2S4/c1-3-17-37-38(18-4-2)52-50(48-40-32-46(56-42(40)28-30-44(48)58-52)54(35-23-13-7-14-24-35)36-25-15-8-16-26-36)49-47-39-31-45(55-41(39)27-29-43(47)57-51(37)49)53(33-19-9-5-10-20-33)34-21-11-6-12-22-34/h27-36H,3-26H2,1-2H3. The SMILES string of the molecule is CCCc1c(CCC)c2sc3ccc4sc(P(C5CCCCC5)C5CCCCC5)cc4c3c2c2c1sc1ccc3sc(P(C4CCCCC4)C4CCCCC4)cc3c12. The van der Waals surface area contributed by atoms with Gasteiger partial charge < -0.3 is 0 Å². The minimum atomic E-state index is -0.110. The van der Waals surface area contributed by atoms with Gasteiger partial charge in [0, 0.05) is 69.8 Å². The van der Waals surface area contributed by atoms with Gasteiger partial charge in [0.25, 0.3) is 0 Å². The number of rotatable bonds is 10. The summed E-state index contributed by atoms with van der Waals surface area (Å²) in [7, 11) is -0.221. The summed E-state index contributed by atoms with van der Waals surface area (Å²) in [4.78, 5) is 0. The highest BCUT2D eigenvalue weighted by Crippen LogP contribution is 2.60. The molecule has 4 aromatic heterocycles. The van der Waals surface area contributed by atoms with Crippen molar-refractivity contribution in [3.05, 3.63) is 47.5 Å². The van der Waals surface area contributed by atoms with Gasteiger partial charge in [-0.1, -0.05) is 120 Å². The summed E-state index contributed by atoms with van der Waals surface area (Å²) in [5.41, 5.74) is 7.17. The van der Waals surface area contributed by atoms with Crippen LogP contribution in [0.15, 0.2) is 36.4 Å². The minimum Gasteiger partial charge on any atom is -0.135 e. The van der Waals surface area contributed by atoms with Crippen LogP contribution in [0, 0.1) is 0 Å². The lowest BCUT2D eigenvalue weighted by Crippen LogP contribution is -2.24. The zero-order valence-corrected chi connectivity index (χ0v) is 40.3. The molecule has 4 aliphatic carbocycles. The van der Waals surface area contributed by atoms with Gasteiger partial charge in [0.2, 0.25) is 0 Å². The van der Waals surface area contributed by atoms with Gasteiger partial charge in [-0.3, -0.25) is 0 Å². The van der Waals surface area contributed by atoms with Gasteiger partial charge in [-0.05, 0) is 134 Å². The number of hydrogen-bond acceptors (Lipinski definition) is 4. The third-order valence-electron chi connectivity index (χ3n) is 15.2. The van der Waals surface area contributed by atoms with Crippen LogP contribution in [-0.2, 0) is 12.8 Å². The van der Waals surface area contributed by atoms with E-state index >= 15 is 0 Å². The maximum absolute atomic E-state index is 2.82. The summed E-state index contributed by atoms with van der Waals surface area (Å²) in [5.74, 6) is 0. The van der Waals surface area contributed by atoms with Gasteiger partial charge in [0.1, 0.15) is 0 Å². The van der Waals surface area contributed by atoms with Gasteiger partial charge >= 0.3 is 0 Å². The fourth-order valence-corrected chi connectivity index (χ4v) is 27.0. The van der Waals surface area contributed by atoms with Crippen molar-refractivity contribution in [1.82, 2.24) is 0 Å². The van der Waals surface area contributed by atoms with E-state index in [4.69, 9.17) is 0 Å². The summed E-state index contributed by atoms with van der Waals surface area (Å²) in [6.45, 7) is 4.83. The van der Waals surface area contributed by atoms with E-state index in [9.17, 15) is 0 Å². The summed E-state index contributed by atoms with van der Waals surface area (Å²) in [5, 5.41) is 9.72.